The summed E-state index contributed by atoms with van der Waals surface area (Å²) in [5, 5.41) is 6.28. The second-order valence-electron chi connectivity index (χ2n) is 6.25. The van der Waals surface area contributed by atoms with Gasteiger partial charge in [-0.1, -0.05) is 36.4 Å². The minimum absolute atomic E-state index is 0.354. The summed E-state index contributed by atoms with van der Waals surface area (Å²) in [6.07, 6.45) is 4.81. The van der Waals surface area contributed by atoms with E-state index in [4.69, 9.17) is 11.6 Å². The van der Waals surface area contributed by atoms with Crippen LogP contribution < -0.4 is 10.8 Å². The van der Waals surface area contributed by atoms with Gasteiger partial charge >= 0.3 is 6.18 Å². The van der Waals surface area contributed by atoms with Crippen LogP contribution >= 0.6 is 38.9 Å². The smallest absolute Gasteiger partial charge is 0.318 e. The summed E-state index contributed by atoms with van der Waals surface area (Å²) in [5.74, 6) is 0.415. The number of pyridine rings is 1. The number of halogens is 5. The van der Waals surface area contributed by atoms with Gasteiger partial charge in [0.05, 0.1) is 12.1 Å². The standard InChI is InChI=1S/C20H17BrClF3N4S/c1-13(29-11-15(21)6-8-18(29)26-10-9-20(23,24)25)27-19-28-17(12-30-19)14-3-2-4-16(22)7-5-14/h3-8,11-12H,1-2,9-10H2,(H,27,28)/b26-18-. The number of thiazole rings is 1. The molecule has 0 saturated carbocycles. The highest BCUT2D eigenvalue weighted by Crippen LogP contribution is 2.26. The van der Waals surface area contributed by atoms with E-state index in [2.05, 4.69) is 37.8 Å². The number of nitrogens with one attached hydrogen (secondary N) is 1. The van der Waals surface area contributed by atoms with Crippen LogP contribution in [-0.2, 0) is 0 Å². The van der Waals surface area contributed by atoms with Crippen molar-refractivity contribution >= 4 is 55.4 Å². The Kier molecular flexibility index (Phi) is 7.38. The molecule has 0 amide bonds. The first-order chi connectivity index (χ1) is 14.2. The average Bonchev–Trinajstić information content (AvgIpc) is 3.01. The van der Waals surface area contributed by atoms with Crippen molar-refractivity contribution < 1.29 is 13.2 Å². The van der Waals surface area contributed by atoms with Crippen LogP contribution in [0, 0.1) is 0 Å². The van der Waals surface area contributed by atoms with Crippen molar-refractivity contribution in [2.24, 2.45) is 4.99 Å². The number of hydrogen-bond donors (Lipinski definition) is 1. The van der Waals surface area contributed by atoms with Gasteiger partial charge in [-0.15, -0.1) is 11.3 Å². The third kappa shape index (κ3) is 6.45. The maximum absolute atomic E-state index is 12.4. The van der Waals surface area contributed by atoms with Crippen LogP contribution in [0.4, 0.5) is 18.3 Å². The van der Waals surface area contributed by atoms with E-state index in [9.17, 15) is 13.2 Å². The Balaban J connectivity index is 1.78. The maximum atomic E-state index is 12.4. The van der Waals surface area contributed by atoms with Gasteiger partial charge in [0, 0.05) is 27.6 Å². The van der Waals surface area contributed by atoms with Gasteiger partial charge in [-0.25, -0.2) is 4.98 Å². The van der Waals surface area contributed by atoms with Gasteiger partial charge in [-0.3, -0.25) is 9.56 Å². The van der Waals surface area contributed by atoms with E-state index in [1.54, 1.807) is 22.9 Å². The summed E-state index contributed by atoms with van der Waals surface area (Å²) in [4.78, 5) is 8.63. The lowest BCUT2D eigenvalue weighted by Gasteiger charge is -2.12. The van der Waals surface area contributed by atoms with E-state index in [0.29, 0.717) is 27.9 Å². The van der Waals surface area contributed by atoms with Crippen molar-refractivity contribution in [1.29, 1.82) is 0 Å². The van der Waals surface area contributed by atoms with Crippen LogP contribution in [0.3, 0.4) is 0 Å². The lowest BCUT2D eigenvalue weighted by molar-refractivity contribution is -0.132. The van der Waals surface area contributed by atoms with Crippen molar-refractivity contribution in [3.05, 3.63) is 75.3 Å². The van der Waals surface area contributed by atoms with Crippen LogP contribution in [0.2, 0.25) is 0 Å². The molecule has 2 aromatic heterocycles. The number of hydrogen-bond acceptors (Lipinski definition) is 4. The quantitative estimate of drug-likeness (QED) is 0.471. The minimum Gasteiger partial charge on any atom is -0.318 e. The molecule has 3 rings (SSSR count). The highest BCUT2D eigenvalue weighted by Gasteiger charge is 2.26. The molecule has 1 N–H and O–H groups in total. The summed E-state index contributed by atoms with van der Waals surface area (Å²) in [5.41, 5.74) is 2.10. The molecule has 1 aliphatic rings. The second-order valence-corrected chi connectivity index (χ2v) is 8.46. The van der Waals surface area contributed by atoms with Gasteiger partial charge in [0.2, 0.25) is 0 Å². The summed E-state index contributed by atoms with van der Waals surface area (Å²) in [6, 6.07) is 3.33. The predicted octanol–water partition coefficient (Wildman–Crippen LogP) is 6.57. The van der Waals surface area contributed by atoms with E-state index in [1.165, 1.54) is 11.3 Å². The number of nitrogens with zero attached hydrogens (tertiary/aromatic N) is 3. The van der Waals surface area contributed by atoms with Crippen LogP contribution in [0.1, 0.15) is 18.5 Å². The fourth-order valence-electron chi connectivity index (χ4n) is 2.55. The van der Waals surface area contributed by atoms with Crippen LogP contribution in [0.25, 0.3) is 11.4 Å². The molecular weight excluding hydrogens is 501 g/mol. The molecule has 158 valence electrons. The van der Waals surface area contributed by atoms with Gasteiger partial charge in [-0.05, 0) is 46.1 Å². The Bertz CT molecular complexity index is 1100. The third-order valence-corrected chi connectivity index (χ3v) is 5.48. The van der Waals surface area contributed by atoms with E-state index in [0.717, 1.165) is 15.7 Å². The molecule has 0 aromatic carbocycles. The van der Waals surface area contributed by atoms with Crippen molar-refractivity contribution in [2.75, 3.05) is 11.9 Å². The molecule has 0 unspecified atom stereocenters. The van der Waals surface area contributed by atoms with Gasteiger partial charge in [0.15, 0.2) is 5.13 Å². The zero-order valence-electron chi connectivity index (χ0n) is 15.6. The summed E-state index contributed by atoms with van der Waals surface area (Å²) in [7, 11) is 0. The van der Waals surface area contributed by atoms with Gasteiger partial charge in [0.25, 0.3) is 0 Å². The molecule has 1 aliphatic carbocycles. The summed E-state index contributed by atoms with van der Waals surface area (Å²) in [6.45, 7) is 3.62. The molecule has 0 spiro atoms. The molecule has 0 atom stereocenters. The number of aromatic nitrogens is 2. The monoisotopic (exact) mass is 516 g/mol. The van der Waals surface area contributed by atoms with Crippen molar-refractivity contribution in [3.63, 3.8) is 0 Å². The fourth-order valence-corrected chi connectivity index (χ4v) is 3.78. The van der Waals surface area contributed by atoms with Crippen LogP contribution in [-0.4, -0.2) is 22.3 Å². The SMILES string of the molecule is C=C(Nc1nc(C2=CCC=C(Cl)C=C2)cs1)n1cc(Br)cc/c1=N/CCC(F)(F)F. The largest absolute Gasteiger partial charge is 0.390 e. The van der Waals surface area contributed by atoms with Crippen molar-refractivity contribution in [1.82, 2.24) is 9.55 Å². The van der Waals surface area contributed by atoms with Crippen molar-refractivity contribution in [3.8, 4) is 0 Å². The molecular formula is C20H17BrClF3N4S. The fraction of sp³-hybridized carbons (Fsp3) is 0.200. The minimum atomic E-state index is -4.25. The van der Waals surface area contributed by atoms with Crippen LogP contribution in [0.15, 0.2) is 69.1 Å². The number of rotatable bonds is 6. The molecule has 0 bridgehead atoms. The molecule has 4 nitrogen and oxygen atoms in total. The Morgan fingerprint density at radius 2 is 2.13 bits per heavy atom. The highest BCUT2D eigenvalue weighted by molar-refractivity contribution is 9.10. The molecule has 0 radical (unpaired) electrons. The zero-order valence-corrected chi connectivity index (χ0v) is 18.7. The van der Waals surface area contributed by atoms with Gasteiger partial charge in [0.1, 0.15) is 11.3 Å². The molecule has 0 saturated heterocycles. The number of anilines is 1. The molecule has 2 heterocycles. The van der Waals surface area contributed by atoms with E-state index >= 15 is 0 Å². The van der Waals surface area contributed by atoms with Crippen LogP contribution in [0.5, 0.6) is 0 Å². The topological polar surface area (TPSA) is 42.2 Å². The zero-order chi connectivity index (χ0) is 21.7. The number of alkyl halides is 3. The lowest BCUT2D eigenvalue weighted by Crippen LogP contribution is -2.23. The Morgan fingerprint density at radius 3 is 2.90 bits per heavy atom. The van der Waals surface area contributed by atoms with E-state index in [-0.39, 0.29) is 6.54 Å². The Hall–Kier alpha value is -2.10. The molecule has 2 aromatic rings. The molecule has 0 aliphatic heterocycles. The first kappa shape index (κ1) is 22.6. The van der Waals surface area contributed by atoms with Gasteiger partial charge in [-0.2, -0.15) is 13.2 Å². The van der Waals surface area contributed by atoms with Gasteiger partial charge < -0.3 is 5.32 Å². The normalized spacial score (nSPS) is 14.9. The third-order valence-electron chi connectivity index (χ3n) is 3.97. The Labute approximate surface area is 189 Å². The lowest BCUT2D eigenvalue weighted by atomic mass is 10.2. The van der Waals surface area contributed by atoms with E-state index in [1.807, 2.05) is 29.7 Å². The first-order valence-corrected chi connectivity index (χ1v) is 10.9. The highest BCUT2D eigenvalue weighted by atomic mass is 79.9. The molecule has 0 fully saturated rings. The summed E-state index contributed by atoms with van der Waals surface area (Å²) >= 11 is 10.8. The Morgan fingerprint density at radius 1 is 1.33 bits per heavy atom. The summed E-state index contributed by atoms with van der Waals surface area (Å²) < 4.78 is 39.6. The molecule has 10 heteroatoms. The van der Waals surface area contributed by atoms with Crippen molar-refractivity contribution in [2.45, 2.75) is 19.0 Å². The predicted molar refractivity (Wildman–Crippen MR) is 120 cm³/mol. The average molecular weight is 518 g/mol. The second kappa shape index (κ2) is 9.80. The molecule has 30 heavy (non-hydrogen) atoms. The first-order valence-electron chi connectivity index (χ1n) is 8.83. The maximum Gasteiger partial charge on any atom is 0.390 e. The number of allylic oxidation sites excluding steroid dienone is 6. The van der Waals surface area contributed by atoms with E-state index < -0.39 is 12.6 Å².